The van der Waals surface area contributed by atoms with Gasteiger partial charge in [0, 0.05) is 18.6 Å². The second kappa shape index (κ2) is 6.89. The molecule has 3 heteroatoms. The number of piperidine rings is 1. The van der Waals surface area contributed by atoms with E-state index >= 15 is 0 Å². The Morgan fingerprint density at radius 3 is 2.62 bits per heavy atom. The summed E-state index contributed by atoms with van der Waals surface area (Å²) in [5.74, 6) is 0.738. The summed E-state index contributed by atoms with van der Waals surface area (Å²) in [6.45, 7) is 2.32. The van der Waals surface area contributed by atoms with Gasteiger partial charge in [0.2, 0.25) is 0 Å². The van der Waals surface area contributed by atoms with Crippen molar-refractivity contribution in [2.75, 3.05) is 13.1 Å². The van der Waals surface area contributed by atoms with Crippen molar-refractivity contribution in [1.29, 1.82) is 0 Å². The maximum atomic E-state index is 13.0. The van der Waals surface area contributed by atoms with Crippen LogP contribution in [0.5, 0.6) is 0 Å². The summed E-state index contributed by atoms with van der Waals surface area (Å²) in [5, 5.41) is 0. The standard InChI is InChI=1S/C18H27FN2/c19-16-9-7-14(8-10-16)17(20)11-13-21-12-3-5-15-4-1-2-6-18(15)21/h7-10,15,17-18H,1-6,11-13,20H2. The SMILES string of the molecule is NC(CCN1CCCC2CCCCC21)c1ccc(F)cc1. The van der Waals surface area contributed by atoms with Crippen LogP contribution >= 0.6 is 0 Å². The molecule has 0 spiro atoms. The lowest BCUT2D eigenvalue weighted by atomic mass is 9.78. The van der Waals surface area contributed by atoms with Gasteiger partial charge in [0.15, 0.2) is 0 Å². The molecule has 21 heavy (non-hydrogen) atoms. The molecule has 0 bridgehead atoms. The molecule has 3 rings (SSSR count). The molecule has 2 N–H and O–H groups in total. The molecule has 116 valence electrons. The Bertz CT molecular complexity index is 443. The van der Waals surface area contributed by atoms with Crippen molar-refractivity contribution in [2.45, 2.75) is 57.0 Å². The van der Waals surface area contributed by atoms with Crippen molar-refractivity contribution >= 4 is 0 Å². The summed E-state index contributed by atoms with van der Waals surface area (Å²) < 4.78 is 13.0. The second-order valence-corrected chi connectivity index (χ2v) is 6.74. The topological polar surface area (TPSA) is 29.3 Å². The lowest BCUT2D eigenvalue weighted by Crippen LogP contribution is -2.47. The molecule has 1 aromatic carbocycles. The van der Waals surface area contributed by atoms with Gasteiger partial charge in [-0.3, -0.25) is 0 Å². The monoisotopic (exact) mass is 290 g/mol. The molecule has 1 heterocycles. The number of nitrogens with two attached hydrogens (primary N) is 1. The van der Waals surface area contributed by atoms with Crippen molar-refractivity contribution in [2.24, 2.45) is 11.7 Å². The van der Waals surface area contributed by atoms with Crippen LogP contribution in [0.25, 0.3) is 0 Å². The fraction of sp³-hybridized carbons (Fsp3) is 0.667. The number of halogens is 1. The van der Waals surface area contributed by atoms with E-state index in [1.807, 2.05) is 12.1 Å². The first-order valence-electron chi connectivity index (χ1n) is 8.49. The number of rotatable bonds is 4. The maximum absolute atomic E-state index is 13.0. The first-order valence-corrected chi connectivity index (χ1v) is 8.49. The molecule has 1 saturated carbocycles. The van der Waals surface area contributed by atoms with Gasteiger partial charge in [-0.05, 0) is 62.3 Å². The predicted molar refractivity (Wildman–Crippen MR) is 84.5 cm³/mol. The molecule has 2 nitrogen and oxygen atoms in total. The molecule has 3 unspecified atom stereocenters. The Hall–Kier alpha value is -0.930. The summed E-state index contributed by atoms with van der Waals surface area (Å²) in [4.78, 5) is 2.68. The maximum Gasteiger partial charge on any atom is 0.123 e. The molecule has 1 aromatic rings. The van der Waals surface area contributed by atoms with Crippen LogP contribution in [0.2, 0.25) is 0 Å². The Labute approximate surface area is 127 Å². The molecular weight excluding hydrogens is 263 g/mol. The molecular formula is C18H27FN2. The Morgan fingerprint density at radius 1 is 1.10 bits per heavy atom. The third-order valence-corrected chi connectivity index (χ3v) is 5.38. The summed E-state index contributed by atoms with van der Waals surface area (Å²) in [7, 11) is 0. The van der Waals surface area contributed by atoms with E-state index < -0.39 is 0 Å². The van der Waals surface area contributed by atoms with Crippen molar-refractivity contribution < 1.29 is 4.39 Å². The van der Waals surface area contributed by atoms with E-state index in [1.165, 1.54) is 57.2 Å². The third kappa shape index (κ3) is 3.64. The van der Waals surface area contributed by atoms with Crippen LogP contribution in [-0.4, -0.2) is 24.0 Å². The van der Waals surface area contributed by atoms with Gasteiger partial charge in [0.05, 0.1) is 0 Å². The molecule has 1 aliphatic heterocycles. The summed E-state index contributed by atoms with van der Waals surface area (Å²) in [6.07, 6.45) is 9.33. The average molecular weight is 290 g/mol. The molecule has 2 fully saturated rings. The second-order valence-electron chi connectivity index (χ2n) is 6.74. The van der Waals surface area contributed by atoms with E-state index in [-0.39, 0.29) is 11.9 Å². The van der Waals surface area contributed by atoms with E-state index in [4.69, 9.17) is 5.73 Å². The van der Waals surface area contributed by atoms with Gasteiger partial charge < -0.3 is 10.6 Å². The minimum atomic E-state index is -0.188. The normalized spacial score (nSPS) is 28.1. The number of likely N-dealkylation sites (tertiary alicyclic amines) is 1. The number of fused-ring (bicyclic) bond motifs is 1. The fourth-order valence-electron chi connectivity index (χ4n) is 4.19. The van der Waals surface area contributed by atoms with E-state index in [0.29, 0.717) is 0 Å². The predicted octanol–water partition coefficient (Wildman–Crippen LogP) is 3.87. The van der Waals surface area contributed by atoms with Gasteiger partial charge >= 0.3 is 0 Å². The van der Waals surface area contributed by atoms with Crippen LogP contribution in [-0.2, 0) is 0 Å². The highest BCUT2D eigenvalue weighted by molar-refractivity contribution is 5.19. The Balaban J connectivity index is 1.55. The van der Waals surface area contributed by atoms with Crippen LogP contribution in [0.15, 0.2) is 24.3 Å². The lowest BCUT2D eigenvalue weighted by Gasteiger charge is -2.44. The molecule has 0 aromatic heterocycles. The minimum absolute atomic E-state index is 0.0227. The van der Waals surface area contributed by atoms with Gasteiger partial charge in [-0.1, -0.05) is 25.0 Å². The molecule has 1 saturated heterocycles. The minimum Gasteiger partial charge on any atom is -0.324 e. The van der Waals surface area contributed by atoms with Crippen molar-refractivity contribution in [3.8, 4) is 0 Å². The average Bonchev–Trinajstić information content (AvgIpc) is 2.53. The van der Waals surface area contributed by atoms with E-state index in [2.05, 4.69) is 4.90 Å². The van der Waals surface area contributed by atoms with Crippen LogP contribution in [0, 0.1) is 11.7 Å². The zero-order valence-corrected chi connectivity index (χ0v) is 12.8. The number of hydrogen-bond donors (Lipinski definition) is 1. The zero-order valence-electron chi connectivity index (χ0n) is 12.8. The van der Waals surface area contributed by atoms with Crippen LogP contribution in [0.1, 0.15) is 56.6 Å². The smallest absolute Gasteiger partial charge is 0.123 e. The van der Waals surface area contributed by atoms with E-state index in [1.54, 1.807) is 0 Å². The third-order valence-electron chi connectivity index (χ3n) is 5.38. The Morgan fingerprint density at radius 2 is 1.81 bits per heavy atom. The molecule has 1 aliphatic carbocycles. The summed E-state index contributed by atoms with van der Waals surface area (Å²) >= 11 is 0. The molecule has 0 amide bonds. The van der Waals surface area contributed by atoms with E-state index in [0.717, 1.165) is 30.5 Å². The molecule has 3 atom stereocenters. The Kier molecular flexibility index (Phi) is 4.91. The zero-order chi connectivity index (χ0) is 14.7. The lowest BCUT2D eigenvalue weighted by molar-refractivity contribution is 0.0586. The van der Waals surface area contributed by atoms with Gasteiger partial charge in [0.1, 0.15) is 5.82 Å². The van der Waals surface area contributed by atoms with Crippen LogP contribution < -0.4 is 5.73 Å². The van der Waals surface area contributed by atoms with Crippen molar-refractivity contribution in [3.63, 3.8) is 0 Å². The molecule has 2 aliphatic rings. The highest BCUT2D eigenvalue weighted by atomic mass is 19.1. The highest BCUT2D eigenvalue weighted by Crippen LogP contribution is 2.35. The largest absolute Gasteiger partial charge is 0.324 e. The van der Waals surface area contributed by atoms with Crippen molar-refractivity contribution in [1.82, 2.24) is 4.90 Å². The first kappa shape index (κ1) is 15.0. The van der Waals surface area contributed by atoms with Gasteiger partial charge in [-0.25, -0.2) is 4.39 Å². The van der Waals surface area contributed by atoms with Crippen molar-refractivity contribution in [3.05, 3.63) is 35.6 Å². The number of hydrogen-bond acceptors (Lipinski definition) is 2. The highest BCUT2D eigenvalue weighted by Gasteiger charge is 2.32. The summed E-state index contributed by atoms with van der Waals surface area (Å²) in [6, 6.07) is 7.47. The first-order chi connectivity index (χ1) is 10.2. The molecule has 0 radical (unpaired) electrons. The van der Waals surface area contributed by atoms with E-state index in [9.17, 15) is 4.39 Å². The van der Waals surface area contributed by atoms with Gasteiger partial charge in [0.25, 0.3) is 0 Å². The number of benzene rings is 1. The fourth-order valence-corrected chi connectivity index (χ4v) is 4.19. The van der Waals surface area contributed by atoms with Gasteiger partial charge in [-0.2, -0.15) is 0 Å². The van der Waals surface area contributed by atoms with Crippen LogP contribution in [0.4, 0.5) is 4.39 Å². The number of nitrogens with zero attached hydrogens (tertiary/aromatic N) is 1. The quantitative estimate of drug-likeness (QED) is 0.912. The van der Waals surface area contributed by atoms with Crippen LogP contribution in [0.3, 0.4) is 0 Å². The van der Waals surface area contributed by atoms with Gasteiger partial charge in [-0.15, -0.1) is 0 Å². The summed E-state index contributed by atoms with van der Waals surface area (Å²) in [5.41, 5.74) is 7.33.